The summed E-state index contributed by atoms with van der Waals surface area (Å²) in [5.74, 6) is 0.518. The van der Waals surface area contributed by atoms with Gasteiger partial charge in [-0.3, -0.25) is 0 Å². The number of rotatable bonds is 2. The van der Waals surface area contributed by atoms with Crippen LogP contribution in [0.3, 0.4) is 0 Å². The van der Waals surface area contributed by atoms with E-state index in [2.05, 4.69) is 25.9 Å². The summed E-state index contributed by atoms with van der Waals surface area (Å²) in [5.41, 5.74) is 1.74. The summed E-state index contributed by atoms with van der Waals surface area (Å²) in [6.45, 7) is 0.481. The Kier molecular flexibility index (Phi) is 2.21. The van der Waals surface area contributed by atoms with Gasteiger partial charge in [0.25, 0.3) is 0 Å². The third kappa shape index (κ3) is 1.82. The number of cyclic esters (lactones) is 1. The molecular formula is C10H9N5O2. The summed E-state index contributed by atoms with van der Waals surface area (Å²) in [4.78, 5) is 11.0. The molecule has 0 spiro atoms. The first-order valence-corrected chi connectivity index (χ1v) is 5.11. The zero-order valence-electron chi connectivity index (χ0n) is 8.75. The zero-order valence-corrected chi connectivity index (χ0v) is 8.75. The molecule has 1 aromatic carbocycles. The molecule has 1 aliphatic heterocycles. The van der Waals surface area contributed by atoms with Crippen molar-refractivity contribution in [2.75, 3.05) is 6.54 Å². The minimum absolute atomic E-state index is 0.255. The summed E-state index contributed by atoms with van der Waals surface area (Å²) in [6, 6.07) is 7.52. The van der Waals surface area contributed by atoms with Crippen LogP contribution in [0.5, 0.6) is 0 Å². The lowest BCUT2D eigenvalue weighted by Crippen LogP contribution is -2.12. The first-order valence-electron chi connectivity index (χ1n) is 5.11. The summed E-state index contributed by atoms with van der Waals surface area (Å²) in [6.07, 6.45) is -0.644. The Bertz CT molecular complexity index is 539. The predicted octanol–water partition coefficient (Wildman–Crippen LogP) is 0.648. The number of carbonyl (C=O) groups is 1. The van der Waals surface area contributed by atoms with Gasteiger partial charge in [0.15, 0.2) is 0 Å². The molecule has 1 atom stereocenters. The number of benzene rings is 1. The number of hydrogen-bond acceptors (Lipinski definition) is 5. The van der Waals surface area contributed by atoms with Gasteiger partial charge in [0.2, 0.25) is 5.82 Å². The maximum atomic E-state index is 11.0. The second-order valence-corrected chi connectivity index (χ2v) is 3.64. The smallest absolute Gasteiger partial charge is 0.407 e. The van der Waals surface area contributed by atoms with Gasteiger partial charge in [-0.2, -0.15) is 5.21 Å². The number of nitrogens with one attached hydrogen (secondary N) is 2. The van der Waals surface area contributed by atoms with E-state index < -0.39 is 0 Å². The lowest BCUT2D eigenvalue weighted by atomic mass is 10.1. The number of nitrogens with zero attached hydrogens (tertiary/aromatic N) is 3. The van der Waals surface area contributed by atoms with E-state index in [0.29, 0.717) is 12.4 Å². The second-order valence-electron chi connectivity index (χ2n) is 3.64. The van der Waals surface area contributed by atoms with Crippen molar-refractivity contribution in [1.29, 1.82) is 0 Å². The summed E-state index contributed by atoms with van der Waals surface area (Å²) in [5, 5.41) is 16.3. The molecule has 86 valence electrons. The van der Waals surface area contributed by atoms with Crippen molar-refractivity contribution in [3.8, 4) is 11.4 Å². The largest absolute Gasteiger partial charge is 0.439 e. The van der Waals surface area contributed by atoms with Crippen molar-refractivity contribution in [3.05, 3.63) is 29.8 Å². The minimum atomic E-state index is -0.389. The first-order chi connectivity index (χ1) is 8.33. The second kappa shape index (κ2) is 3.85. The van der Waals surface area contributed by atoms with Crippen LogP contribution < -0.4 is 5.32 Å². The number of hydrogen-bond donors (Lipinski definition) is 2. The van der Waals surface area contributed by atoms with Crippen molar-refractivity contribution in [2.45, 2.75) is 6.10 Å². The number of ether oxygens (including phenoxy) is 1. The molecule has 7 nitrogen and oxygen atoms in total. The van der Waals surface area contributed by atoms with Crippen LogP contribution in [0.25, 0.3) is 11.4 Å². The molecule has 1 amide bonds. The van der Waals surface area contributed by atoms with Crippen LogP contribution >= 0.6 is 0 Å². The Morgan fingerprint density at radius 1 is 1.41 bits per heavy atom. The Morgan fingerprint density at radius 2 is 2.35 bits per heavy atom. The van der Waals surface area contributed by atoms with E-state index in [4.69, 9.17) is 4.74 Å². The molecule has 2 aromatic rings. The Balaban J connectivity index is 1.92. The molecule has 2 heterocycles. The van der Waals surface area contributed by atoms with Crippen molar-refractivity contribution < 1.29 is 9.53 Å². The molecule has 0 radical (unpaired) electrons. The number of alkyl carbamates (subject to hydrolysis) is 1. The van der Waals surface area contributed by atoms with E-state index in [1.807, 2.05) is 24.3 Å². The van der Waals surface area contributed by atoms with Gasteiger partial charge in [-0.05, 0) is 16.8 Å². The number of aromatic nitrogens is 4. The number of amides is 1. The van der Waals surface area contributed by atoms with Gasteiger partial charge in [-0.1, -0.05) is 18.2 Å². The average molecular weight is 231 g/mol. The van der Waals surface area contributed by atoms with Crippen LogP contribution in [0.1, 0.15) is 11.7 Å². The van der Waals surface area contributed by atoms with E-state index in [-0.39, 0.29) is 12.2 Å². The van der Waals surface area contributed by atoms with Gasteiger partial charge < -0.3 is 10.1 Å². The Labute approximate surface area is 96.2 Å². The Hall–Kier alpha value is -2.44. The van der Waals surface area contributed by atoms with E-state index in [1.165, 1.54) is 0 Å². The molecule has 1 fully saturated rings. The van der Waals surface area contributed by atoms with Gasteiger partial charge >= 0.3 is 6.09 Å². The van der Waals surface area contributed by atoms with Gasteiger partial charge in [-0.25, -0.2) is 4.79 Å². The molecular weight excluding hydrogens is 222 g/mol. The van der Waals surface area contributed by atoms with Crippen molar-refractivity contribution in [3.63, 3.8) is 0 Å². The number of H-pyrrole nitrogens is 1. The monoisotopic (exact) mass is 231 g/mol. The lowest BCUT2D eigenvalue weighted by molar-refractivity contribution is 0.141. The maximum Gasteiger partial charge on any atom is 0.407 e. The number of carbonyl (C=O) groups excluding carboxylic acids is 1. The molecule has 7 heteroatoms. The molecule has 3 rings (SSSR count). The predicted molar refractivity (Wildman–Crippen MR) is 56.8 cm³/mol. The fourth-order valence-electron chi connectivity index (χ4n) is 1.74. The van der Waals surface area contributed by atoms with Gasteiger partial charge in [-0.15, -0.1) is 10.2 Å². The normalized spacial score (nSPS) is 18.8. The highest BCUT2D eigenvalue weighted by Crippen LogP contribution is 2.24. The van der Waals surface area contributed by atoms with Crippen LogP contribution in [0.2, 0.25) is 0 Å². The van der Waals surface area contributed by atoms with E-state index in [9.17, 15) is 4.79 Å². The third-order valence-electron chi connectivity index (χ3n) is 2.54. The molecule has 1 unspecified atom stereocenters. The quantitative estimate of drug-likeness (QED) is 0.791. The fourth-order valence-corrected chi connectivity index (χ4v) is 1.74. The average Bonchev–Trinajstić information content (AvgIpc) is 3.00. The van der Waals surface area contributed by atoms with E-state index >= 15 is 0 Å². The van der Waals surface area contributed by atoms with Gasteiger partial charge in [0.05, 0.1) is 6.54 Å². The minimum Gasteiger partial charge on any atom is -0.439 e. The standard InChI is InChI=1S/C10H9N5O2/c16-10-11-5-8(17-10)6-2-1-3-7(4-6)9-12-14-15-13-9/h1-4,8H,5H2,(H,11,16)(H,12,13,14,15). The number of tetrazole rings is 1. The maximum absolute atomic E-state index is 11.0. The lowest BCUT2D eigenvalue weighted by Gasteiger charge is -2.08. The molecule has 1 aromatic heterocycles. The van der Waals surface area contributed by atoms with Crippen LogP contribution in [0, 0.1) is 0 Å². The van der Waals surface area contributed by atoms with Crippen molar-refractivity contribution in [2.24, 2.45) is 0 Å². The fraction of sp³-hybridized carbons (Fsp3) is 0.200. The molecule has 1 aliphatic rings. The molecule has 17 heavy (non-hydrogen) atoms. The molecule has 0 bridgehead atoms. The molecule has 1 saturated heterocycles. The highest BCUT2D eigenvalue weighted by molar-refractivity contribution is 5.70. The van der Waals surface area contributed by atoms with E-state index in [0.717, 1.165) is 11.1 Å². The summed E-state index contributed by atoms with van der Waals surface area (Å²) in [7, 11) is 0. The highest BCUT2D eigenvalue weighted by atomic mass is 16.6. The highest BCUT2D eigenvalue weighted by Gasteiger charge is 2.24. The SMILES string of the molecule is O=C1NCC(c2cccc(-c3nn[nH]n3)c2)O1. The molecule has 0 saturated carbocycles. The molecule has 0 aliphatic carbocycles. The van der Waals surface area contributed by atoms with Gasteiger partial charge in [0, 0.05) is 5.56 Å². The number of aromatic amines is 1. The summed E-state index contributed by atoms with van der Waals surface area (Å²) >= 11 is 0. The van der Waals surface area contributed by atoms with Crippen molar-refractivity contribution >= 4 is 6.09 Å². The van der Waals surface area contributed by atoms with Crippen LogP contribution in [-0.2, 0) is 4.74 Å². The van der Waals surface area contributed by atoms with E-state index in [1.54, 1.807) is 0 Å². The van der Waals surface area contributed by atoms with Gasteiger partial charge in [0.1, 0.15) is 6.10 Å². The Morgan fingerprint density at radius 3 is 3.06 bits per heavy atom. The van der Waals surface area contributed by atoms with Crippen LogP contribution in [0.15, 0.2) is 24.3 Å². The molecule has 2 N–H and O–H groups in total. The third-order valence-corrected chi connectivity index (χ3v) is 2.54. The van der Waals surface area contributed by atoms with Crippen LogP contribution in [-0.4, -0.2) is 33.3 Å². The topological polar surface area (TPSA) is 92.8 Å². The van der Waals surface area contributed by atoms with Crippen LogP contribution in [0.4, 0.5) is 4.79 Å². The zero-order chi connectivity index (χ0) is 11.7. The summed E-state index contributed by atoms with van der Waals surface area (Å²) < 4.78 is 5.11. The van der Waals surface area contributed by atoms with Crippen molar-refractivity contribution in [1.82, 2.24) is 25.9 Å². The first kappa shape index (κ1) is 9.76.